The summed E-state index contributed by atoms with van der Waals surface area (Å²) in [5, 5.41) is 7.92. The molecule has 3 nitrogen and oxygen atoms in total. The minimum Gasteiger partial charge on any atom is -0.384 e. The summed E-state index contributed by atoms with van der Waals surface area (Å²) in [7, 11) is 0. The van der Waals surface area contributed by atoms with Gasteiger partial charge in [0.15, 0.2) is 0 Å². The lowest BCUT2D eigenvalue weighted by Gasteiger charge is -2.17. The third-order valence-electron chi connectivity index (χ3n) is 2.93. The summed E-state index contributed by atoms with van der Waals surface area (Å²) in [5.74, 6) is 0. The maximum absolute atomic E-state index is 6.22. The quantitative estimate of drug-likeness (QED) is 0.816. The van der Waals surface area contributed by atoms with Gasteiger partial charge in [0.1, 0.15) is 0 Å². The summed E-state index contributed by atoms with van der Waals surface area (Å²) in [4.78, 5) is 4.21. The van der Waals surface area contributed by atoms with Gasteiger partial charge in [-0.2, -0.15) is 0 Å². The standard InChI is InChI=1S/C15H17Cl2N3/c1-3-19-12-7-13(9-18-8-12)20-10(2)14-5-4-11(16)6-15(14)17/h4-10,19-20H,3H2,1-2H3. The zero-order valence-electron chi connectivity index (χ0n) is 11.5. The third-order valence-corrected chi connectivity index (χ3v) is 3.49. The van der Waals surface area contributed by atoms with Crippen LogP contribution in [0.4, 0.5) is 11.4 Å². The highest BCUT2D eigenvalue weighted by Crippen LogP contribution is 2.28. The van der Waals surface area contributed by atoms with Crippen molar-refractivity contribution in [1.82, 2.24) is 4.98 Å². The Morgan fingerprint density at radius 3 is 2.60 bits per heavy atom. The molecule has 1 atom stereocenters. The van der Waals surface area contributed by atoms with Gasteiger partial charge in [-0.3, -0.25) is 4.98 Å². The summed E-state index contributed by atoms with van der Waals surface area (Å²) in [6, 6.07) is 7.62. The predicted octanol–water partition coefficient (Wildman–Crippen LogP) is 4.99. The van der Waals surface area contributed by atoms with E-state index >= 15 is 0 Å². The van der Waals surface area contributed by atoms with Crippen LogP contribution in [-0.2, 0) is 0 Å². The Labute approximate surface area is 129 Å². The number of hydrogen-bond donors (Lipinski definition) is 2. The lowest BCUT2D eigenvalue weighted by Crippen LogP contribution is -2.08. The molecule has 1 aromatic carbocycles. The fraction of sp³-hybridized carbons (Fsp3) is 0.267. The molecule has 0 aliphatic rings. The van der Waals surface area contributed by atoms with Crippen LogP contribution in [0, 0.1) is 0 Å². The van der Waals surface area contributed by atoms with Gasteiger partial charge < -0.3 is 10.6 Å². The molecule has 2 aromatic rings. The minimum absolute atomic E-state index is 0.0680. The van der Waals surface area contributed by atoms with Crippen LogP contribution in [0.15, 0.2) is 36.7 Å². The van der Waals surface area contributed by atoms with Crippen molar-refractivity contribution in [2.24, 2.45) is 0 Å². The van der Waals surface area contributed by atoms with Crippen LogP contribution in [0.3, 0.4) is 0 Å². The molecule has 0 saturated heterocycles. The van der Waals surface area contributed by atoms with Gasteiger partial charge in [0.25, 0.3) is 0 Å². The second-order valence-corrected chi connectivity index (χ2v) is 5.37. The van der Waals surface area contributed by atoms with E-state index in [-0.39, 0.29) is 6.04 Å². The summed E-state index contributed by atoms with van der Waals surface area (Å²) in [6.07, 6.45) is 3.59. The lowest BCUT2D eigenvalue weighted by atomic mass is 10.1. The van der Waals surface area contributed by atoms with E-state index in [1.54, 1.807) is 18.5 Å². The molecule has 0 spiro atoms. The molecule has 0 amide bonds. The number of hydrogen-bond acceptors (Lipinski definition) is 3. The van der Waals surface area contributed by atoms with Crippen LogP contribution in [0.1, 0.15) is 25.5 Å². The van der Waals surface area contributed by atoms with Crippen LogP contribution >= 0.6 is 23.2 Å². The molecule has 0 aliphatic carbocycles. The van der Waals surface area contributed by atoms with E-state index in [1.165, 1.54) is 0 Å². The number of pyridine rings is 1. The number of benzene rings is 1. The molecule has 0 aliphatic heterocycles. The second-order valence-electron chi connectivity index (χ2n) is 4.52. The van der Waals surface area contributed by atoms with Gasteiger partial charge in [0.05, 0.1) is 29.8 Å². The predicted molar refractivity (Wildman–Crippen MR) is 86.9 cm³/mol. The molecule has 2 rings (SSSR count). The van der Waals surface area contributed by atoms with Gasteiger partial charge in [-0.15, -0.1) is 0 Å². The van der Waals surface area contributed by atoms with Gasteiger partial charge in [0.2, 0.25) is 0 Å². The van der Waals surface area contributed by atoms with Gasteiger partial charge in [0, 0.05) is 16.6 Å². The first-order chi connectivity index (χ1) is 9.60. The average Bonchev–Trinajstić information content (AvgIpc) is 2.39. The van der Waals surface area contributed by atoms with Gasteiger partial charge in [-0.05, 0) is 37.6 Å². The molecule has 20 heavy (non-hydrogen) atoms. The summed E-state index contributed by atoms with van der Waals surface area (Å²) < 4.78 is 0. The number of halogens is 2. The highest BCUT2D eigenvalue weighted by molar-refractivity contribution is 6.35. The Bertz CT molecular complexity index is 587. The molecule has 5 heteroatoms. The van der Waals surface area contributed by atoms with Crippen molar-refractivity contribution in [2.75, 3.05) is 17.2 Å². The SMILES string of the molecule is CCNc1cncc(NC(C)c2ccc(Cl)cc2Cl)c1. The fourth-order valence-electron chi connectivity index (χ4n) is 2.00. The molecular formula is C15H17Cl2N3. The second kappa shape index (κ2) is 6.82. The Morgan fingerprint density at radius 1 is 1.15 bits per heavy atom. The average molecular weight is 310 g/mol. The zero-order valence-corrected chi connectivity index (χ0v) is 13.0. The van der Waals surface area contributed by atoms with Crippen molar-refractivity contribution in [2.45, 2.75) is 19.9 Å². The van der Waals surface area contributed by atoms with Crippen molar-refractivity contribution in [3.05, 3.63) is 52.3 Å². The van der Waals surface area contributed by atoms with E-state index < -0.39 is 0 Å². The fourth-order valence-corrected chi connectivity index (χ4v) is 2.57. The molecule has 0 bridgehead atoms. The Hall–Kier alpha value is -1.45. The first-order valence-electron chi connectivity index (χ1n) is 6.50. The van der Waals surface area contributed by atoms with Crippen molar-refractivity contribution in [3.63, 3.8) is 0 Å². The van der Waals surface area contributed by atoms with Gasteiger partial charge in [-0.25, -0.2) is 0 Å². The van der Waals surface area contributed by atoms with E-state index in [0.717, 1.165) is 23.5 Å². The summed E-state index contributed by atoms with van der Waals surface area (Å²) in [6.45, 7) is 4.97. The maximum Gasteiger partial charge on any atom is 0.0552 e. The lowest BCUT2D eigenvalue weighted by molar-refractivity contribution is 0.883. The molecule has 0 saturated carbocycles. The molecule has 1 unspecified atom stereocenters. The van der Waals surface area contributed by atoms with Crippen molar-refractivity contribution in [1.29, 1.82) is 0 Å². The molecule has 106 valence electrons. The summed E-state index contributed by atoms with van der Waals surface area (Å²) >= 11 is 12.1. The zero-order chi connectivity index (χ0) is 14.5. The van der Waals surface area contributed by atoms with Gasteiger partial charge >= 0.3 is 0 Å². The summed E-state index contributed by atoms with van der Waals surface area (Å²) in [5.41, 5.74) is 2.94. The molecule has 0 fully saturated rings. The normalized spacial score (nSPS) is 12.0. The van der Waals surface area contributed by atoms with E-state index in [9.17, 15) is 0 Å². The Kier molecular flexibility index (Phi) is 5.10. The maximum atomic E-state index is 6.22. The van der Waals surface area contributed by atoms with E-state index in [2.05, 4.69) is 29.5 Å². The topological polar surface area (TPSA) is 37.0 Å². The van der Waals surface area contributed by atoms with E-state index in [1.807, 2.05) is 18.2 Å². The van der Waals surface area contributed by atoms with Gasteiger partial charge in [-0.1, -0.05) is 29.3 Å². The Morgan fingerprint density at radius 2 is 1.90 bits per heavy atom. The van der Waals surface area contributed by atoms with Crippen LogP contribution in [-0.4, -0.2) is 11.5 Å². The molecule has 2 N–H and O–H groups in total. The van der Waals surface area contributed by atoms with Crippen LogP contribution in [0.25, 0.3) is 0 Å². The van der Waals surface area contributed by atoms with Crippen LogP contribution < -0.4 is 10.6 Å². The minimum atomic E-state index is 0.0680. The number of nitrogens with zero attached hydrogens (tertiary/aromatic N) is 1. The van der Waals surface area contributed by atoms with Crippen LogP contribution in [0.2, 0.25) is 10.0 Å². The molecule has 1 aromatic heterocycles. The number of aromatic nitrogens is 1. The third kappa shape index (κ3) is 3.78. The van der Waals surface area contributed by atoms with Crippen LogP contribution in [0.5, 0.6) is 0 Å². The Balaban J connectivity index is 2.14. The van der Waals surface area contributed by atoms with Crippen molar-refractivity contribution < 1.29 is 0 Å². The molecule has 0 radical (unpaired) electrons. The highest BCUT2D eigenvalue weighted by Gasteiger charge is 2.10. The first-order valence-corrected chi connectivity index (χ1v) is 7.26. The van der Waals surface area contributed by atoms with Crippen molar-refractivity contribution in [3.8, 4) is 0 Å². The smallest absolute Gasteiger partial charge is 0.0552 e. The van der Waals surface area contributed by atoms with E-state index in [4.69, 9.17) is 23.2 Å². The number of nitrogens with one attached hydrogen (secondary N) is 2. The van der Waals surface area contributed by atoms with Crippen molar-refractivity contribution >= 4 is 34.6 Å². The number of rotatable bonds is 5. The molecule has 1 heterocycles. The monoisotopic (exact) mass is 309 g/mol. The highest BCUT2D eigenvalue weighted by atomic mass is 35.5. The number of anilines is 2. The largest absolute Gasteiger partial charge is 0.384 e. The first kappa shape index (κ1) is 14.9. The van der Waals surface area contributed by atoms with E-state index in [0.29, 0.717) is 10.0 Å². The molecular weight excluding hydrogens is 293 g/mol.